The minimum Gasteiger partial charge on any atom is -0.497 e. The van der Waals surface area contributed by atoms with E-state index in [0.29, 0.717) is 5.69 Å². The summed E-state index contributed by atoms with van der Waals surface area (Å²) in [6, 6.07) is 5.52. The van der Waals surface area contributed by atoms with E-state index in [-0.39, 0.29) is 11.7 Å². The molecule has 0 saturated carbocycles. The lowest BCUT2D eigenvalue weighted by atomic mass is 10.0. The number of benzene rings is 1. The molecule has 4 heteroatoms. The van der Waals surface area contributed by atoms with Gasteiger partial charge in [0, 0.05) is 11.3 Å². The lowest BCUT2D eigenvalue weighted by molar-refractivity contribution is 0.0936. The van der Waals surface area contributed by atoms with E-state index in [1.165, 1.54) is 0 Å². The first kappa shape index (κ1) is 10.7. The summed E-state index contributed by atoms with van der Waals surface area (Å²) in [5, 5.41) is 7.73. The molecular weight excluding hydrogens is 204 g/mol. The van der Waals surface area contributed by atoms with Gasteiger partial charge in [-0.05, 0) is 18.2 Å². The Labute approximate surface area is 93.6 Å². The van der Waals surface area contributed by atoms with Gasteiger partial charge in [-0.2, -0.15) is 5.10 Å². The molecule has 0 radical (unpaired) electrons. The van der Waals surface area contributed by atoms with Crippen molar-refractivity contribution in [3.8, 4) is 5.75 Å². The Morgan fingerprint density at radius 3 is 2.81 bits per heavy atom. The van der Waals surface area contributed by atoms with Crippen LogP contribution in [0.5, 0.6) is 5.75 Å². The number of nitrogens with one attached hydrogen (secondary N) is 1. The number of ketones is 1. The van der Waals surface area contributed by atoms with Crippen LogP contribution in [0.2, 0.25) is 0 Å². The maximum Gasteiger partial charge on any atom is 0.186 e. The zero-order chi connectivity index (χ0) is 11.7. The molecule has 0 bridgehead atoms. The Balaban J connectivity index is 2.58. The normalized spacial score (nSPS) is 11.0. The highest BCUT2D eigenvalue weighted by atomic mass is 16.5. The van der Waals surface area contributed by atoms with Gasteiger partial charge in [-0.3, -0.25) is 9.89 Å². The number of H-pyrrole nitrogens is 1. The predicted molar refractivity (Wildman–Crippen MR) is 61.8 cm³/mol. The van der Waals surface area contributed by atoms with E-state index in [0.717, 1.165) is 16.7 Å². The van der Waals surface area contributed by atoms with Crippen molar-refractivity contribution in [2.24, 2.45) is 5.92 Å². The average molecular weight is 218 g/mol. The number of aromatic nitrogens is 2. The lowest BCUT2D eigenvalue weighted by Crippen LogP contribution is -2.08. The van der Waals surface area contributed by atoms with Gasteiger partial charge in [-0.25, -0.2) is 0 Å². The Morgan fingerprint density at radius 2 is 2.19 bits per heavy atom. The highest BCUT2D eigenvalue weighted by Crippen LogP contribution is 2.23. The number of aromatic amines is 1. The molecule has 84 valence electrons. The molecule has 0 aliphatic rings. The summed E-state index contributed by atoms with van der Waals surface area (Å²) >= 11 is 0. The van der Waals surface area contributed by atoms with Crippen LogP contribution in [0.1, 0.15) is 24.3 Å². The van der Waals surface area contributed by atoms with Crippen molar-refractivity contribution in [2.75, 3.05) is 7.11 Å². The lowest BCUT2D eigenvalue weighted by Gasteiger charge is -2.02. The number of methoxy groups -OCH3 is 1. The number of nitrogens with zero attached hydrogens (tertiary/aromatic N) is 1. The topological polar surface area (TPSA) is 55.0 Å². The SMILES string of the molecule is COc1ccc2[nH]nc(C(=O)C(C)C)c2c1. The van der Waals surface area contributed by atoms with E-state index in [2.05, 4.69) is 10.2 Å². The molecule has 1 aromatic carbocycles. The molecule has 0 aliphatic heterocycles. The highest BCUT2D eigenvalue weighted by Gasteiger charge is 2.17. The van der Waals surface area contributed by atoms with Crippen LogP contribution in [0, 0.1) is 5.92 Å². The quantitative estimate of drug-likeness (QED) is 0.805. The summed E-state index contributed by atoms with van der Waals surface area (Å²) in [5.41, 5.74) is 1.34. The van der Waals surface area contributed by atoms with Crippen molar-refractivity contribution in [3.05, 3.63) is 23.9 Å². The largest absolute Gasteiger partial charge is 0.497 e. The second-order valence-corrected chi connectivity index (χ2v) is 4.00. The van der Waals surface area contributed by atoms with E-state index in [4.69, 9.17) is 4.74 Å². The van der Waals surface area contributed by atoms with Crippen molar-refractivity contribution in [1.82, 2.24) is 10.2 Å². The van der Waals surface area contributed by atoms with Gasteiger partial charge >= 0.3 is 0 Å². The standard InChI is InChI=1S/C12H14N2O2/c1-7(2)12(15)11-9-6-8(16-3)4-5-10(9)13-14-11/h4-7H,1-3H3,(H,13,14). The van der Waals surface area contributed by atoms with Crippen LogP contribution in [-0.4, -0.2) is 23.1 Å². The molecule has 0 aliphatic carbocycles. The molecular formula is C12H14N2O2. The zero-order valence-electron chi connectivity index (χ0n) is 9.57. The summed E-state index contributed by atoms with van der Waals surface area (Å²) in [6.07, 6.45) is 0. The first-order valence-corrected chi connectivity index (χ1v) is 5.20. The van der Waals surface area contributed by atoms with Crippen LogP contribution in [0.4, 0.5) is 0 Å². The van der Waals surface area contributed by atoms with Crippen LogP contribution < -0.4 is 4.74 Å². The number of fused-ring (bicyclic) bond motifs is 1. The molecule has 1 aromatic heterocycles. The van der Waals surface area contributed by atoms with Crippen LogP contribution in [0.15, 0.2) is 18.2 Å². The van der Waals surface area contributed by atoms with E-state index >= 15 is 0 Å². The maximum absolute atomic E-state index is 11.9. The fraction of sp³-hybridized carbons (Fsp3) is 0.333. The number of rotatable bonds is 3. The van der Waals surface area contributed by atoms with Gasteiger partial charge in [0.1, 0.15) is 11.4 Å². The minimum atomic E-state index is -0.0577. The molecule has 2 aromatic rings. The fourth-order valence-electron chi connectivity index (χ4n) is 1.58. The molecule has 0 atom stereocenters. The second kappa shape index (κ2) is 3.96. The Hall–Kier alpha value is -1.84. The van der Waals surface area contributed by atoms with E-state index in [9.17, 15) is 4.79 Å². The molecule has 0 saturated heterocycles. The molecule has 0 unspecified atom stereocenters. The zero-order valence-corrected chi connectivity index (χ0v) is 9.57. The van der Waals surface area contributed by atoms with Crippen molar-refractivity contribution in [2.45, 2.75) is 13.8 Å². The predicted octanol–water partition coefficient (Wildman–Crippen LogP) is 2.41. The Morgan fingerprint density at radius 1 is 1.44 bits per heavy atom. The molecule has 1 N–H and O–H groups in total. The van der Waals surface area contributed by atoms with E-state index in [1.807, 2.05) is 32.0 Å². The third-order valence-electron chi connectivity index (χ3n) is 2.53. The average Bonchev–Trinajstić information content (AvgIpc) is 2.70. The van der Waals surface area contributed by atoms with Gasteiger partial charge in [0.2, 0.25) is 0 Å². The highest BCUT2D eigenvalue weighted by molar-refractivity contribution is 6.06. The number of hydrogen-bond donors (Lipinski definition) is 1. The van der Waals surface area contributed by atoms with Crippen molar-refractivity contribution >= 4 is 16.7 Å². The number of carbonyl (C=O) groups is 1. The molecule has 1 heterocycles. The third kappa shape index (κ3) is 1.66. The Kier molecular flexibility index (Phi) is 2.64. The van der Waals surface area contributed by atoms with Crippen LogP contribution in [-0.2, 0) is 0 Å². The number of Topliss-reactive ketones (excluding diaryl/α,β-unsaturated/α-hetero) is 1. The van der Waals surface area contributed by atoms with Crippen LogP contribution in [0.25, 0.3) is 10.9 Å². The van der Waals surface area contributed by atoms with Gasteiger partial charge in [0.25, 0.3) is 0 Å². The molecule has 0 amide bonds. The van der Waals surface area contributed by atoms with Crippen LogP contribution >= 0.6 is 0 Å². The van der Waals surface area contributed by atoms with Crippen LogP contribution in [0.3, 0.4) is 0 Å². The first-order chi connectivity index (χ1) is 7.63. The summed E-state index contributed by atoms with van der Waals surface area (Å²) in [6.45, 7) is 3.73. The minimum absolute atomic E-state index is 0.0412. The molecule has 16 heavy (non-hydrogen) atoms. The first-order valence-electron chi connectivity index (χ1n) is 5.20. The third-order valence-corrected chi connectivity index (χ3v) is 2.53. The molecule has 0 fully saturated rings. The van der Waals surface area contributed by atoms with Crippen molar-refractivity contribution < 1.29 is 9.53 Å². The number of carbonyl (C=O) groups excluding carboxylic acids is 1. The number of ether oxygens (including phenoxy) is 1. The summed E-state index contributed by atoms with van der Waals surface area (Å²) in [4.78, 5) is 11.9. The maximum atomic E-state index is 11.9. The summed E-state index contributed by atoms with van der Waals surface area (Å²) in [5.74, 6) is 0.712. The van der Waals surface area contributed by atoms with Gasteiger partial charge in [0.05, 0.1) is 12.6 Å². The molecule has 0 spiro atoms. The summed E-state index contributed by atoms with van der Waals surface area (Å²) < 4.78 is 5.13. The van der Waals surface area contributed by atoms with Crippen molar-refractivity contribution in [3.63, 3.8) is 0 Å². The van der Waals surface area contributed by atoms with Gasteiger partial charge in [0.15, 0.2) is 5.78 Å². The monoisotopic (exact) mass is 218 g/mol. The van der Waals surface area contributed by atoms with Gasteiger partial charge < -0.3 is 4.74 Å². The fourth-order valence-corrected chi connectivity index (χ4v) is 1.58. The van der Waals surface area contributed by atoms with Gasteiger partial charge in [-0.1, -0.05) is 13.8 Å². The number of hydrogen-bond acceptors (Lipinski definition) is 3. The molecule has 4 nitrogen and oxygen atoms in total. The smallest absolute Gasteiger partial charge is 0.186 e. The van der Waals surface area contributed by atoms with Crippen molar-refractivity contribution in [1.29, 1.82) is 0 Å². The second-order valence-electron chi connectivity index (χ2n) is 4.00. The summed E-state index contributed by atoms with van der Waals surface area (Å²) in [7, 11) is 1.60. The van der Waals surface area contributed by atoms with E-state index in [1.54, 1.807) is 7.11 Å². The molecule has 2 rings (SSSR count). The Bertz CT molecular complexity index is 529. The van der Waals surface area contributed by atoms with E-state index < -0.39 is 0 Å². The van der Waals surface area contributed by atoms with Gasteiger partial charge in [-0.15, -0.1) is 0 Å².